The van der Waals surface area contributed by atoms with Crippen molar-refractivity contribution >= 4 is 39.7 Å². The van der Waals surface area contributed by atoms with Gasteiger partial charge in [0.05, 0.1) is 11.1 Å². The van der Waals surface area contributed by atoms with Crippen LogP contribution in [0, 0.1) is 25.2 Å². The van der Waals surface area contributed by atoms with Gasteiger partial charge in [0.15, 0.2) is 0 Å². The third-order valence-electron chi connectivity index (χ3n) is 4.91. The first kappa shape index (κ1) is 17.7. The summed E-state index contributed by atoms with van der Waals surface area (Å²) in [5.41, 5.74) is 4.76. The zero-order valence-corrected chi connectivity index (χ0v) is 16.5. The second kappa shape index (κ2) is 7.50. The van der Waals surface area contributed by atoms with E-state index in [2.05, 4.69) is 47.1 Å². The minimum absolute atomic E-state index is 0.597. The van der Waals surface area contributed by atoms with Gasteiger partial charge in [0.2, 0.25) is 0 Å². The number of nitrogens with zero attached hydrogens (tertiary/aromatic N) is 4. The largest absolute Gasteiger partial charge is 0.356 e. The van der Waals surface area contributed by atoms with Crippen LogP contribution in [-0.4, -0.2) is 23.1 Å². The highest BCUT2D eigenvalue weighted by Gasteiger charge is 2.17. The summed E-state index contributed by atoms with van der Waals surface area (Å²) in [6.45, 7) is 6.08. The Morgan fingerprint density at radius 1 is 1.15 bits per heavy atom. The van der Waals surface area contributed by atoms with Crippen molar-refractivity contribution in [2.24, 2.45) is 0 Å². The number of hydrogen-bond donors (Lipinski definition) is 0. The van der Waals surface area contributed by atoms with E-state index in [9.17, 15) is 5.26 Å². The van der Waals surface area contributed by atoms with Crippen LogP contribution in [0.15, 0.2) is 29.6 Å². The van der Waals surface area contributed by atoms with Gasteiger partial charge < -0.3 is 4.90 Å². The molecule has 1 aliphatic rings. The van der Waals surface area contributed by atoms with E-state index in [0.29, 0.717) is 5.57 Å². The maximum atomic E-state index is 9.72. The third kappa shape index (κ3) is 3.72. The molecule has 3 heterocycles. The average molecular weight is 375 g/mol. The SMILES string of the molecule is Cc1ccc2cc(/C=C(/C#N)c3nc(C)cs3)c(N3CCCCC3)nc2c1. The second-order valence-corrected chi connectivity index (χ2v) is 7.97. The Kier molecular flexibility index (Phi) is 4.91. The first-order valence-electron chi connectivity index (χ1n) is 9.35. The predicted octanol–water partition coefficient (Wildman–Crippen LogP) is 5.36. The number of hydrogen-bond acceptors (Lipinski definition) is 5. The van der Waals surface area contributed by atoms with Crippen molar-refractivity contribution in [3.05, 3.63) is 51.5 Å². The fraction of sp³-hybridized carbons (Fsp3) is 0.318. The molecule has 0 aliphatic carbocycles. The molecule has 0 N–H and O–H groups in total. The summed E-state index contributed by atoms with van der Waals surface area (Å²) in [6, 6.07) is 10.8. The smallest absolute Gasteiger partial charge is 0.136 e. The van der Waals surface area contributed by atoms with Crippen molar-refractivity contribution in [3.63, 3.8) is 0 Å². The van der Waals surface area contributed by atoms with Crippen molar-refractivity contribution in [3.8, 4) is 6.07 Å². The predicted molar refractivity (Wildman–Crippen MR) is 113 cm³/mol. The molecule has 0 radical (unpaired) electrons. The lowest BCUT2D eigenvalue weighted by molar-refractivity contribution is 0.574. The van der Waals surface area contributed by atoms with Gasteiger partial charge in [0.1, 0.15) is 16.9 Å². The van der Waals surface area contributed by atoms with E-state index in [1.54, 1.807) is 0 Å². The molecule has 1 aromatic carbocycles. The van der Waals surface area contributed by atoms with Crippen LogP contribution >= 0.6 is 11.3 Å². The standard InChI is InChI=1S/C22H22N4S/c1-15-6-7-17-11-18(12-19(13-23)22-24-16(2)14-27-22)21(25-20(17)10-15)26-8-4-3-5-9-26/h6-7,10-12,14H,3-5,8-9H2,1-2H3/b19-12-. The van der Waals surface area contributed by atoms with Crippen molar-refractivity contribution in [1.82, 2.24) is 9.97 Å². The maximum absolute atomic E-state index is 9.72. The number of benzene rings is 1. The van der Waals surface area contributed by atoms with Crippen LogP contribution in [0.4, 0.5) is 5.82 Å². The molecule has 27 heavy (non-hydrogen) atoms. The molecule has 0 spiro atoms. The molecule has 0 bridgehead atoms. The molecule has 0 amide bonds. The quantitative estimate of drug-likeness (QED) is 0.579. The van der Waals surface area contributed by atoms with Crippen molar-refractivity contribution in [2.45, 2.75) is 33.1 Å². The molecule has 4 rings (SSSR count). The zero-order valence-electron chi connectivity index (χ0n) is 15.7. The van der Waals surface area contributed by atoms with Crippen LogP contribution < -0.4 is 4.90 Å². The van der Waals surface area contributed by atoms with Crippen molar-refractivity contribution in [1.29, 1.82) is 5.26 Å². The van der Waals surface area contributed by atoms with Gasteiger partial charge in [-0.2, -0.15) is 5.26 Å². The lowest BCUT2D eigenvalue weighted by Gasteiger charge is -2.29. The highest BCUT2D eigenvalue weighted by Crippen LogP contribution is 2.30. The van der Waals surface area contributed by atoms with Crippen molar-refractivity contribution in [2.75, 3.05) is 18.0 Å². The number of allylic oxidation sites excluding steroid dienone is 1. The second-order valence-electron chi connectivity index (χ2n) is 7.11. The van der Waals surface area contributed by atoms with E-state index >= 15 is 0 Å². The summed E-state index contributed by atoms with van der Waals surface area (Å²) in [4.78, 5) is 11.8. The molecule has 1 aliphatic heterocycles. The molecule has 0 unspecified atom stereocenters. The van der Waals surface area contributed by atoms with E-state index in [4.69, 9.17) is 4.98 Å². The minimum Gasteiger partial charge on any atom is -0.356 e. The fourth-order valence-corrected chi connectivity index (χ4v) is 4.29. The van der Waals surface area contributed by atoms with Gasteiger partial charge in [0.25, 0.3) is 0 Å². The molecule has 2 aromatic heterocycles. The van der Waals surface area contributed by atoms with Gasteiger partial charge in [0, 0.05) is 35.1 Å². The molecule has 1 fully saturated rings. The molecular weight excluding hydrogens is 352 g/mol. The number of pyridine rings is 1. The number of anilines is 1. The number of piperidine rings is 1. The lowest BCUT2D eigenvalue weighted by Crippen LogP contribution is -2.30. The van der Waals surface area contributed by atoms with Gasteiger partial charge in [-0.3, -0.25) is 0 Å². The molecule has 4 nitrogen and oxygen atoms in total. The van der Waals surface area contributed by atoms with Crippen LogP contribution in [0.2, 0.25) is 0 Å². The third-order valence-corrected chi connectivity index (χ3v) is 5.90. The number of aromatic nitrogens is 2. The van der Waals surface area contributed by atoms with Crippen molar-refractivity contribution < 1.29 is 0 Å². The van der Waals surface area contributed by atoms with Crippen LogP contribution in [0.1, 0.15) is 41.1 Å². The average Bonchev–Trinajstić information content (AvgIpc) is 3.12. The Balaban J connectivity index is 1.87. The van der Waals surface area contributed by atoms with E-state index < -0.39 is 0 Å². The van der Waals surface area contributed by atoms with Crippen LogP contribution in [0.5, 0.6) is 0 Å². The number of rotatable bonds is 3. The Morgan fingerprint density at radius 3 is 2.67 bits per heavy atom. The topological polar surface area (TPSA) is 52.8 Å². The maximum Gasteiger partial charge on any atom is 0.136 e. The highest BCUT2D eigenvalue weighted by molar-refractivity contribution is 7.11. The van der Waals surface area contributed by atoms with E-state index in [1.165, 1.54) is 36.2 Å². The molecule has 0 saturated carbocycles. The van der Waals surface area contributed by atoms with Gasteiger partial charge in [-0.15, -0.1) is 11.3 Å². The number of thiazole rings is 1. The molecule has 136 valence electrons. The number of fused-ring (bicyclic) bond motifs is 1. The number of nitriles is 1. The summed E-state index contributed by atoms with van der Waals surface area (Å²) < 4.78 is 0. The van der Waals surface area contributed by atoms with Gasteiger partial charge in [-0.25, -0.2) is 9.97 Å². The van der Waals surface area contributed by atoms with E-state index in [-0.39, 0.29) is 0 Å². The van der Waals surface area contributed by atoms with Gasteiger partial charge in [-0.05, 0) is 56.9 Å². The molecule has 1 saturated heterocycles. The summed E-state index contributed by atoms with van der Waals surface area (Å²) in [5, 5.41) is 13.6. The lowest BCUT2D eigenvalue weighted by atomic mass is 10.1. The van der Waals surface area contributed by atoms with Crippen LogP contribution in [0.25, 0.3) is 22.6 Å². The molecular formula is C22H22N4S. The van der Waals surface area contributed by atoms with Gasteiger partial charge in [-0.1, -0.05) is 12.1 Å². The first-order chi connectivity index (χ1) is 13.1. The molecule has 0 atom stereocenters. The molecule has 5 heteroatoms. The van der Waals surface area contributed by atoms with E-state index in [1.807, 2.05) is 18.4 Å². The van der Waals surface area contributed by atoms with E-state index in [0.717, 1.165) is 46.1 Å². The minimum atomic E-state index is 0.597. The summed E-state index contributed by atoms with van der Waals surface area (Å²) in [6.07, 6.45) is 5.60. The monoisotopic (exact) mass is 374 g/mol. The Bertz CT molecular complexity index is 1050. The number of aryl methyl sites for hydroxylation is 2. The van der Waals surface area contributed by atoms with Crippen LogP contribution in [-0.2, 0) is 0 Å². The zero-order chi connectivity index (χ0) is 18.8. The van der Waals surface area contributed by atoms with Gasteiger partial charge >= 0.3 is 0 Å². The first-order valence-corrected chi connectivity index (χ1v) is 10.2. The Labute approximate surface area is 163 Å². The highest BCUT2D eigenvalue weighted by atomic mass is 32.1. The Morgan fingerprint density at radius 2 is 1.96 bits per heavy atom. The molecule has 3 aromatic rings. The summed E-state index contributed by atoms with van der Waals surface area (Å²) >= 11 is 1.51. The van der Waals surface area contributed by atoms with Crippen LogP contribution in [0.3, 0.4) is 0 Å². The Hall–Kier alpha value is -2.71. The normalized spacial score (nSPS) is 15.1. The summed E-state index contributed by atoms with van der Waals surface area (Å²) in [7, 11) is 0. The fourth-order valence-electron chi connectivity index (χ4n) is 3.52. The summed E-state index contributed by atoms with van der Waals surface area (Å²) in [5.74, 6) is 0.980.